The van der Waals surface area contributed by atoms with Gasteiger partial charge in [-0.1, -0.05) is 42.0 Å². The SMILES string of the molecule is Cc1ccc(CC2(O)CCNCC2CCCOc2ccccc2O)cc1. The second-order valence-corrected chi connectivity index (χ2v) is 7.38. The van der Waals surface area contributed by atoms with Crippen LogP contribution < -0.4 is 10.1 Å². The van der Waals surface area contributed by atoms with Crippen LogP contribution in [0.2, 0.25) is 0 Å². The third-order valence-electron chi connectivity index (χ3n) is 5.34. The first-order chi connectivity index (χ1) is 12.6. The first-order valence-corrected chi connectivity index (χ1v) is 9.46. The zero-order valence-corrected chi connectivity index (χ0v) is 15.4. The van der Waals surface area contributed by atoms with E-state index in [9.17, 15) is 10.2 Å². The molecule has 2 aromatic carbocycles. The Labute approximate surface area is 155 Å². The van der Waals surface area contributed by atoms with Crippen LogP contribution in [0.25, 0.3) is 0 Å². The highest BCUT2D eigenvalue weighted by Crippen LogP contribution is 2.32. The number of para-hydroxylation sites is 2. The average molecular weight is 355 g/mol. The molecule has 1 aliphatic rings. The van der Waals surface area contributed by atoms with E-state index in [0.717, 1.165) is 32.4 Å². The van der Waals surface area contributed by atoms with Gasteiger partial charge in [0, 0.05) is 18.9 Å². The Morgan fingerprint density at radius 2 is 1.92 bits per heavy atom. The van der Waals surface area contributed by atoms with Gasteiger partial charge in [0.2, 0.25) is 0 Å². The minimum atomic E-state index is -0.671. The van der Waals surface area contributed by atoms with Crippen molar-refractivity contribution < 1.29 is 14.9 Å². The molecule has 4 heteroatoms. The molecule has 0 spiro atoms. The zero-order chi connectivity index (χ0) is 18.4. The predicted molar refractivity (Wildman–Crippen MR) is 104 cm³/mol. The molecule has 0 bridgehead atoms. The summed E-state index contributed by atoms with van der Waals surface area (Å²) in [6.45, 7) is 4.30. The lowest BCUT2D eigenvalue weighted by Gasteiger charge is -2.41. The number of rotatable bonds is 7. The summed E-state index contributed by atoms with van der Waals surface area (Å²) in [5.41, 5.74) is 1.76. The van der Waals surface area contributed by atoms with Gasteiger partial charge in [-0.3, -0.25) is 0 Å². The van der Waals surface area contributed by atoms with Gasteiger partial charge in [0.25, 0.3) is 0 Å². The van der Waals surface area contributed by atoms with Crippen molar-refractivity contribution in [2.45, 2.75) is 38.2 Å². The average Bonchev–Trinajstić information content (AvgIpc) is 2.63. The van der Waals surface area contributed by atoms with Gasteiger partial charge in [-0.25, -0.2) is 0 Å². The molecule has 2 aromatic rings. The first-order valence-electron chi connectivity index (χ1n) is 9.46. The van der Waals surface area contributed by atoms with E-state index >= 15 is 0 Å². The van der Waals surface area contributed by atoms with Crippen LogP contribution in [0.15, 0.2) is 48.5 Å². The second kappa shape index (κ2) is 8.56. The minimum absolute atomic E-state index is 0.169. The van der Waals surface area contributed by atoms with Crippen molar-refractivity contribution >= 4 is 0 Å². The van der Waals surface area contributed by atoms with E-state index in [0.29, 0.717) is 18.8 Å². The fourth-order valence-corrected chi connectivity index (χ4v) is 3.73. The second-order valence-electron chi connectivity index (χ2n) is 7.38. The molecule has 1 aliphatic heterocycles. The number of aryl methyl sites for hydroxylation is 1. The number of hydrogen-bond acceptors (Lipinski definition) is 4. The lowest BCUT2D eigenvalue weighted by molar-refractivity contribution is -0.0446. The maximum atomic E-state index is 11.3. The molecule has 26 heavy (non-hydrogen) atoms. The molecule has 3 N–H and O–H groups in total. The van der Waals surface area contributed by atoms with Gasteiger partial charge in [0.1, 0.15) is 0 Å². The Balaban J connectivity index is 1.54. The fourth-order valence-electron chi connectivity index (χ4n) is 3.73. The van der Waals surface area contributed by atoms with Gasteiger partial charge in [-0.15, -0.1) is 0 Å². The molecule has 2 atom stereocenters. The van der Waals surface area contributed by atoms with Crippen LogP contribution in [0, 0.1) is 12.8 Å². The van der Waals surface area contributed by atoms with Gasteiger partial charge in [0.15, 0.2) is 11.5 Å². The number of benzene rings is 2. The lowest BCUT2D eigenvalue weighted by Crippen LogP contribution is -2.51. The number of nitrogens with one attached hydrogen (secondary N) is 1. The van der Waals surface area contributed by atoms with Crippen molar-refractivity contribution in [3.63, 3.8) is 0 Å². The van der Waals surface area contributed by atoms with Crippen LogP contribution >= 0.6 is 0 Å². The van der Waals surface area contributed by atoms with E-state index in [2.05, 4.69) is 36.5 Å². The van der Waals surface area contributed by atoms with Crippen molar-refractivity contribution in [3.05, 3.63) is 59.7 Å². The predicted octanol–water partition coefficient (Wildman–Crippen LogP) is 3.44. The van der Waals surface area contributed by atoms with E-state index in [1.807, 2.05) is 6.07 Å². The van der Waals surface area contributed by atoms with E-state index in [1.165, 1.54) is 11.1 Å². The molecular formula is C22H29NO3. The van der Waals surface area contributed by atoms with Crippen molar-refractivity contribution in [2.75, 3.05) is 19.7 Å². The van der Waals surface area contributed by atoms with Crippen LogP contribution in [-0.2, 0) is 6.42 Å². The third-order valence-corrected chi connectivity index (χ3v) is 5.34. The van der Waals surface area contributed by atoms with Gasteiger partial charge >= 0.3 is 0 Å². The molecular weight excluding hydrogens is 326 g/mol. The minimum Gasteiger partial charge on any atom is -0.504 e. The Bertz CT molecular complexity index is 701. The van der Waals surface area contributed by atoms with Crippen LogP contribution in [0.1, 0.15) is 30.4 Å². The van der Waals surface area contributed by atoms with Crippen molar-refractivity contribution in [2.24, 2.45) is 5.92 Å². The molecule has 2 unspecified atom stereocenters. The topological polar surface area (TPSA) is 61.7 Å². The maximum Gasteiger partial charge on any atom is 0.160 e. The number of hydrogen-bond donors (Lipinski definition) is 3. The summed E-state index contributed by atoms with van der Waals surface area (Å²) in [5.74, 6) is 0.886. The fraction of sp³-hybridized carbons (Fsp3) is 0.455. The molecule has 1 fully saturated rings. The van der Waals surface area contributed by atoms with Crippen molar-refractivity contribution in [3.8, 4) is 11.5 Å². The Kier molecular flexibility index (Phi) is 6.17. The molecule has 3 rings (SSSR count). The first kappa shape index (κ1) is 18.7. The summed E-state index contributed by atoms with van der Waals surface area (Å²) < 4.78 is 5.68. The Hall–Kier alpha value is -2.04. The normalized spacial score (nSPS) is 22.9. The molecule has 140 valence electrons. The molecule has 0 radical (unpaired) electrons. The highest BCUT2D eigenvalue weighted by Gasteiger charge is 2.38. The van der Waals surface area contributed by atoms with Crippen LogP contribution in [-0.4, -0.2) is 35.5 Å². The smallest absolute Gasteiger partial charge is 0.160 e. The summed E-state index contributed by atoms with van der Waals surface area (Å²) in [4.78, 5) is 0. The van der Waals surface area contributed by atoms with Crippen molar-refractivity contribution in [1.82, 2.24) is 5.32 Å². The van der Waals surface area contributed by atoms with Crippen LogP contribution in [0.5, 0.6) is 11.5 Å². The highest BCUT2D eigenvalue weighted by atomic mass is 16.5. The zero-order valence-electron chi connectivity index (χ0n) is 15.4. The molecule has 0 aliphatic carbocycles. The summed E-state index contributed by atoms with van der Waals surface area (Å²) in [5, 5.41) is 24.5. The number of aromatic hydroxyl groups is 1. The lowest BCUT2D eigenvalue weighted by atomic mass is 9.75. The van der Waals surface area contributed by atoms with Crippen molar-refractivity contribution in [1.29, 1.82) is 0 Å². The number of piperidine rings is 1. The molecule has 1 heterocycles. The van der Waals surface area contributed by atoms with Gasteiger partial charge in [-0.2, -0.15) is 0 Å². The number of aliphatic hydroxyl groups is 1. The highest BCUT2D eigenvalue weighted by molar-refractivity contribution is 5.37. The monoisotopic (exact) mass is 355 g/mol. The Morgan fingerprint density at radius 1 is 1.15 bits per heavy atom. The number of phenols is 1. The molecule has 0 saturated carbocycles. The van der Waals surface area contributed by atoms with E-state index in [1.54, 1.807) is 18.2 Å². The molecule has 0 aromatic heterocycles. The van der Waals surface area contributed by atoms with E-state index in [4.69, 9.17) is 4.74 Å². The quantitative estimate of drug-likeness (QED) is 0.666. The molecule has 0 amide bonds. The summed E-state index contributed by atoms with van der Waals surface area (Å²) in [7, 11) is 0. The standard InChI is InChI=1S/C22H29NO3/c1-17-8-10-18(11-9-17)15-22(25)12-13-23-16-19(22)5-4-14-26-21-7-3-2-6-20(21)24/h2-3,6-11,19,23-25H,4-5,12-16H2,1H3. The van der Waals surface area contributed by atoms with E-state index < -0.39 is 5.60 Å². The third kappa shape index (κ3) is 4.77. The maximum absolute atomic E-state index is 11.3. The largest absolute Gasteiger partial charge is 0.504 e. The molecule has 4 nitrogen and oxygen atoms in total. The summed E-state index contributed by atoms with van der Waals surface area (Å²) in [6.07, 6.45) is 3.20. The van der Waals surface area contributed by atoms with Crippen LogP contribution in [0.4, 0.5) is 0 Å². The van der Waals surface area contributed by atoms with E-state index in [-0.39, 0.29) is 11.7 Å². The summed E-state index contributed by atoms with van der Waals surface area (Å²) >= 11 is 0. The number of phenolic OH excluding ortho intramolecular Hbond substituents is 1. The van der Waals surface area contributed by atoms with Crippen LogP contribution in [0.3, 0.4) is 0 Å². The summed E-state index contributed by atoms with van der Waals surface area (Å²) in [6, 6.07) is 15.5. The molecule has 1 saturated heterocycles. The Morgan fingerprint density at radius 3 is 2.69 bits per heavy atom. The van der Waals surface area contributed by atoms with Gasteiger partial charge in [0.05, 0.1) is 12.2 Å². The van der Waals surface area contributed by atoms with Gasteiger partial charge in [-0.05, 0) is 50.4 Å². The van der Waals surface area contributed by atoms with Gasteiger partial charge < -0.3 is 20.3 Å². The number of ether oxygens (including phenoxy) is 1.